The first-order valence-electron chi connectivity index (χ1n) is 8.43. The monoisotopic (exact) mass is 353 g/mol. The number of phenols is 1. The van der Waals surface area contributed by atoms with E-state index in [1.165, 1.54) is 12.1 Å². The molecule has 0 saturated carbocycles. The van der Waals surface area contributed by atoms with Crippen LogP contribution in [0.1, 0.15) is 23.3 Å². The van der Waals surface area contributed by atoms with Gasteiger partial charge in [-0.1, -0.05) is 30.3 Å². The lowest BCUT2D eigenvalue weighted by Crippen LogP contribution is -2.30. The summed E-state index contributed by atoms with van der Waals surface area (Å²) in [6.45, 7) is 0.610. The van der Waals surface area contributed by atoms with E-state index in [0.29, 0.717) is 30.7 Å². The van der Waals surface area contributed by atoms with E-state index in [9.17, 15) is 14.3 Å². The average Bonchev–Trinajstić information content (AvgIpc) is 3.15. The normalized spacial score (nSPS) is 10.7. The minimum absolute atomic E-state index is 0.0611. The van der Waals surface area contributed by atoms with E-state index in [4.69, 9.17) is 4.42 Å². The summed E-state index contributed by atoms with van der Waals surface area (Å²) in [7, 11) is 0. The number of hydrogen-bond acceptors (Lipinski definition) is 3. The van der Waals surface area contributed by atoms with Gasteiger partial charge in [-0.3, -0.25) is 4.79 Å². The van der Waals surface area contributed by atoms with E-state index in [2.05, 4.69) is 0 Å². The summed E-state index contributed by atoms with van der Waals surface area (Å²) in [6.07, 6.45) is 2.38. The Bertz CT molecular complexity index is 844. The van der Waals surface area contributed by atoms with Gasteiger partial charge in [-0.15, -0.1) is 0 Å². The van der Waals surface area contributed by atoms with Crippen LogP contribution in [0.15, 0.2) is 71.3 Å². The van der Waals surface area contributed by atoms with Crippen LogP contribution in [0.2, 0.25) is 0 Å². The summed E-state index contributed by atoms with van der Waals surface area (Å²) in [6, 6.07) is 16.7. The number of nitrogens with zero attached hydrogens (tertiary/aromatic N) is 1. The van der Waals surface area contributed by atoms with Crippen molar-refractivity contribution in [2.24, 2.45) is 0 Å². The molecule has 3 rings (SSSR count). The average molecular weight is 353 g/mol. The Morgan fingerprint density at radius 1 is 1.00 bits per heavy atom. The van der Waals surface area contributed by atoms with Crippen LogP contribution in [0, 0.1) is 5.82 Å². The molecular formula is C21H20FNO3. The van der Waals surface area contributed by atoms with Crippen LogP contribution in [0.3, 0.4) is 0 Å². The highest BCUT2D eigenvalue weighted by Gasteiger charge is 2.17. The van der Waals surface area contributed by atoms with Crippen LogP contribution in [-0.2, 0) is 24.3 Å². The molecule has 1 N–H and O–H groups in total. The number of halogens is 1. The van der Waals surface area contributed by atoms with Crippen molar-refractivity contribution in [3.63, 3.8) is 0 Å². The van der Waals surface area contributed by atoms with Crippen molar-refractivity contribution in [1.29, 1.82) is 0 Å². The highest BCUT2D eigenvalue weighted by atomic mass is 19.1. The van der Waals surface area contributed by atoms with Crippen LogP contribution in [-0.4, -0.2) is 15.9 Å². The summed E-state index contributed by atoms with van der Waals surface area (Å²) in [4.78, 5) is 14.4. The second kappa shape index (κ2) is 8.34. The predicted octanol–water partition coefficient (Wildman–Crippen LogP) is 4.29. The van der Waals surface area contributed by atoms with Gasteiger partial charge in [-0.05, 0) is 42.3 Å². The second-order valence-electron chi connectivity index (χ2n) is 6.08. The van der Waals surface area contributed by atoms with E-state index >= 15 is 0 Å². The lowest BCUT2D eigenvalue weighted by molar-refractivity contribution is -0.132. The maximum atomic E-state index is 13.0. The van der Waals surface area contributed by atoms with Gasteiger partial charge in [0, 0.05) is 18.5 Å². The molecule has 0 atom stereocenters. The number of benzene rings is 2. The molecule has 1 aromatic heterocycles. The van der Waals surface area contributed by atoms with E-state index in [1.807, 2.05) is 12.1 Å². The molecule has 5 heteroatoms. The third kappa shape index (κ3) is 4.72. The maximum absolute atomic E-state index is 13.0. The van der Waals surface area contributed by atoms with Gasteiger partial charge in [0.05, 0.1) is 12.8 Å². The summed E-state index contributed by atoms with van der Waals surface area (Å²) >= 11 is 0. The van der Waals surface area contributed by atoms with Crippen molar-refractivity contribution in [2.45, 2.75) is 25.9 Å². The first-order chi connectivity index (χ1) is 12.6. The fraction of sp³-hybridized carbons (Fsp3) is 0.190. The summed E-state index contributed by atoms with van der Waals surface area (Å²) in [5.41, 5.74) is 1.58. The fourth-order valence-electron chi connectivity index (χ4n) is 2.73. The Balaban J connectivity index is 1.70. The Hall–Kier alpha value is -3.08. The van der Waals surface area contributed by atoms with Gasteiger partial charge in [0.25, 0.3) is 0 Å². The van der Waals surface area contributed by atoms with Crippen molar-refractivity contribution in [3.05, 3.63) is 89.6 Å². The Labute approximate surface area is 151 Å². The number of amides is 1. The zero-order valence-corrected chi connectivity index (χ0v) is 14.3. The van der Waals surface area contributed by atoms with Gasteiger partial charge in [0.1, 0.15) is 17.3 Å². The second-order valence-corrected chi connectivity index (χ2v) is 6.08. The number of aryl methyl sites for hydroxylation is 1. The van der Waals surface area contributed by atoms with Crippen molar-refractivity contribution in [1.82, 2.24) is 4.90 Å². The molecule has 1 amide bonds. The van der Waals surface area contributed by atoms with Crippen LogP contribution in [0.5, 0.6) is 5.75 Å². The third-order valence-electron chi connectivity index (χ3n) is 4.17. The number of para-hydroxylation sites is 1. The van der Waals surface area contributed by atoms with E-state index < -0.39 is 0 Å². The highest BCUT2D eigenvalue weighted by Crippen LogP contribution is 2.20. The molecule has 2 aromatic carbocycles. The zero-order valence-electron chi connectivity index (χ0n) is 14.3. The van der Waals surface area contributed by atoms with Gasteiger partial charge >= 0.3 is 0 Å². The molecule has 1 heterocycles. The number of carbonyl (C=O) groups is 1. The number of rotatable bonds is 7. The number of aromatic hydroxyl groups is 1. The largest absolute Gasteiger partial charge is 0.508 e. The smallest absolute Gasteiger partial charge is 0.223 e. The van der Waals surface area contributed by atoms with Crippen LogP contribution in [0.4, 0.5) is 4.39 Å². The molecule has 3 aromatic rings. The molecule has 134 valence electrons. The van der Waals surface area contributed by atoms with Crippen LogP contribution < -0.4 is 0 Å². The van der Waals surface area contributed by atoms with Crippen molar-refractivity contribution >= 4 is 5.91 Å². The quantitative estimate of drug-likeness (QED) is 0.689. The molecular weight excluding hydrogens is 333 g/mol. The molecule has 26 heavy (non-hydrogen) atoms. The molecule has 0 bridgehead atoms. The lowest BCUT2D eigenvalue weighted by Gasteiger charge is -2.22. The molecule has 0 saturated heterocycles. The molecule has 0 spiro atoms. The Morgan fingerprint density at radius 3 is 2.46 bits per heavy atom. The van der Waals surface area contributed by atoms with Crippen molar-refractivity contribution in [3.8, 4) is 5.75 Å². The van der Waals surface area contributed by atoms with Gasteiger partial charge in [-0.25, -0.2) is 4.39 Å². The van der Waals surface area contributed by atoms with Crippen LogP contribution in [0.25, 0.3) is 0 Å². The minimum Gasteiger partial charge on any atom is -0.508 e. The molecule has 0 unspecified atom stereocenters. The molecule has 4 nitrogen and oxygen atoms in total. The molecule has 0 aliphatic carbocycles. The molecule has 0 radical (unpaired) electrons. The topological polar surface area (TPSA) is 53.7 Å². The number of phenolic OH excluding ortho intramolecular Hbond substituents is 1. The van der Waals surface area contributed by atoms with E-state index in [0.717, 1.165) is 5.56 Å². The van der Waals surface area contributed by atoms with Gasteiger partial charge < -0.3 is 14.4 Å². The van der Waals surface area contributed by atoms with E-state index in [1.54, 1.807) is 47.6 Å². The first-order valence-corrected chi connectivity index (χ1v) is 8.43. The maximum Gasteiger partial charge on any atom is 0.223 e. The SMILES string of the molecule is O=C(CCc1ccc(F)cc1)N(Cc1ccco1)Cc1ccccc1O. The standard InChI is InChI=1S/C21H20FNO3/c22-18-10-7-16(8-11-18)9-12-21(25)23(15-19-5-3-13-26-19)14-17-4-1-2-6-20(17)24/h1-8,10-11,13,24H,9,12,14-15H2. The Kier molecular flexibility index (Phi) is 5.69. The minimum atomic E-state index is -0.293. The number of carbonyl (C=O) groups excluding carboxylic acids is 1. The lowest BCUT2D eigenvalue weighted by atomic mass is 10.1. The van der Waals surface area contributed by atoms with Gasteiger partial charge in [-0.2, -0.15) is 0 Å². The third-order valence-corrected chi connectivity index (χ3v) is 4.17. The fourth-order valence-corrected chi connectivity index (χ4v) is 2.73. The predicted molar refractivity (Wildman–Crippen MR) is 95.8 cm³/mol. The number of furan rings is 1. The highest BCUT2D eigenvalue weighted by molar-refractivity contribution is 5.76. The zero-order chi connectivity index (χ0) is 18.4. The molecule has 0 aliphatic rings. The summed E-state index contributed by atoms with van der Waals surface area (Å²) in [5, 5.41) is 10.0. The van der Waals surface area contributed by atoms with Crippen molar-refractivity contribution in [2.75, 3.05) is 0 Å². The van der Waals surface area contributed by atoms with E-state index in [-0.39, 0.29) is 24.0 Å². The number of hydrogen-bond donors (Lipinski definition) is 1. The summed E-state index contributed by atoms with van der Waals surface area (Å²) in [5.74, 6) is 0.479. The Morgan fingerprint density at radius 2 is 1.77 bits per heavy atom. The van der Waals surface area contributed by atoms with Gasteiger partial charge in [0.15, 0.2) is 0 Å². The molecule has 0 fully saturated rings. The van der Waals surface area contributed by atoms with Gasteiger partial charge in [0.2, 0.25) is 5.91 Å². The first kappa shape index (κ1) is 17.7. The molecule has 0 aliphatic heterocycles. The van der Waals surface area contributed by atoms with Crippen LogP contribution >= 0.6 is 0 Å². The summed E-state index contributed by atoms with van der Waals surface area (Å²) < 4.78 is 18.4. The van der Waals surface area contributed by atoms with Crippen molar-refractivity contribution < 1.29 is 18.7 Å².